The molecule has 8 rings (SSSR count). The van der Waals surface area contributed by atoms with E-state index >= 15 is 0 Å². The number of para-hydroxylation sites is 3. The maximum Gasteiger partial charge on any atom is 0.143 e. The molecule has 1 atom stereocenters. The highest BCUT2D eigenvalue weighted by atomic mass is 16.3. The Hall–Kier alpha value is -5.60. The predicted octanol–water partition coefficient (Wildman–Crippen LogP) is 11.7. The molecule has 1 aliphatic rings. The molecule has 1 unspecified atom stereocenters. The van der Waals surface area contributed by atoms with Gasteiger partial charge in [0.2, 0.25) is 0 Å². The summed E-state index contributed by atoms with van der Waals surface area (Å²) in [6.45, 7) is 0. The van der Waals surface area contributed by atoms with Crippen molar-refractivity contribution < 1.29 is 4.42 Å². The van der Waals surface area contributed by atoms with E-state index in [4.69, 9.17) is 4.42 Å². The molecule has 1 aromatic heterocycles. The molecule has 6 aromatic carbocycles. The Morgan fingerprint density at radius 2 is 1.25 bits per heavy atom. The van der Waals surface area contributed by atoms with E-state index in [1.165, 1.54) is 22.4 Å². The van der Waals surface area contributed by atoms with Crippen LogP contribution in [0.3, 0.4) is 0 Å². The van der Waals surface area contributed by atoms with E-state index < -0.39 is 0 Å². The number of hydrogen-bond donors (Lipinski definition) is 0. The monoisotopic (exact) mass is 565 g/mol. The maximum absolute atomic E-state index is 6.49. The molecule has 0 saturated heterocycles. The van der Waals surface area contributed by atoms with Crippen LogP contribution in [-0.2, 0) is 0 Å². The first-order valence-corrected chi connectivity index (χ1v) is 15.2. The second-order valence-electron chi connectivity index (χ2n) is 11.3. The van der Waals surface area contributed by atoms with Crippen molar-refractivity contribution >= 4 is 33.3 Å². The first kappa shape index (κ1) is 26.1. The summed E-state index contributed by atoms with van der Waals surface area (Å²) in [4.78, 5) is 2.37. The molecular formula is C42H31NO. The Morgan fingerprint density at radius 3 is 2.02 bits per heavy atom. The van der Waals surface area contributed by atoms with Crippen LogP contribution in [0, 0.1) is 0 Å². The minimum atomic E-state index is 0.379. The van der Waals surface area contributed by atoms with Gasteiger partial charge in [-0.15, -0.1) is 0 Å². The number of fused-ring (bicyclic) bond motifs is 3. The lowest BCUT2D eigenvalue weighted by atomic mass is 9.90. The van der Waals surface area contributed by atoms with Crippen LogP contribution in [0.4, 0.5) is 11.4 Å². The largest absolute Gasteiger partial charge is 0.455 e. The third-order valence-corrected chi connectivity index (χ3v) is 8.62. The molecule has 0 fully saturated rings. The summed E-state index contributed by atoms with van der Waals surface area (Å²) < 4.78 is 6.49. The predicted molar refractivity (Wildman–Crippen MR) is 184 cm³/mol. The standard InChI is InChI=1S/C42H31NO/c1-4-13-30(14-5-1)31-23-25-34(26-24-31)43(33-17-8-3-9-18-33)35-27-28-36(40(29-35)32-15-6-2-7-16-32)38-20-12-21-39-37-19-10-11-22-41(37)44-42(38)39/h1-23,25-29,31H,24H2. The van der Waals surface area contributed by atoms with Crippen molar-refractivity contribution in [3.63, 3.8) is 0 Å². The summed E-state index contributed by atoms with van der Waals surface area (Å²) in [6.07, 6.45) is 7.95. The van der Waals surface area contributed by atoms with Gasteiger partial charge in [0.25, 0.3) is 0 Å². The molecule has 2 nitrogen and oxygen atoms in total. The van der Waals surface area contributed by atoms with E-state index in [0.29, 0.717) is 5.92 Å². The van der Waals surface area contributed by atoms with Gasteiger partial charge in [0.15, 0.2) is 0 Å². The highest BCUT2D eigenvalue weighted by Gasteiger charge is 2.21. The van der Waals surface area contributed by atoms with Crippen LogP contribution in [0.5, 0.6) is 0 Å². The van der Waals surface area contributed by atoms with E-state index in [1.54, 1.807) is 0 Å². The van der Waals surface area contributed by atoms with Crippen LogP contribution < -0.4 is 4.90 Å². The molecule has 1 heterocycles. The minimum Gasteiger partial charge on any atom is -0.455 e. The van der Waals surface area contributed by atoms with Gasteiger partial charge in [-0.2, -0.15) is 0 Å². The highest BCUT2D eigenvalue weighted by molar-refractivity contribution is 6.10. The topological polar surface area (TPSA) is 16.4 Å². The second-order valence-corrected chi connectivity index (χ2v) is 11.3. The molecule has 7 aromatic rings. The van der Waals surface area contributed by atoms with Crippen molar-refractivity contribution in [2.75, 3.05) is 4.90 Å². The zero-order chi connectivity index (χ0) is 29.3. The molecular weight excluding hydrogens is 534 g/mol. The van der Waals surface area contributed by atoms with Crippen LogP contribution in [-0.4, -0.2) is 0 Å². The summed E-state index contributed by atoms with van der Waals surface area (Å²) in [6, 6.07) is 53.7. The number of rotatable bonds is 6. The van der Waals surface area contributed by atoms with E-state index in [1.807, 2.05) is 12.1 Å². The number of allylic oxidation sites excluding steroid dienone is 3. The summed E-state index contributed by atoms with van der Waals surface area (Å²) in [5, 5.41) is 2.28. The van der Waals surface area contributed by atoms with Crippen LogP contribution in [0.1, 0.15) is 17.9 Å². The smallest absolute Gasteiger partial charge is 0.143 e. The Balaban J connectivity index is 1.28. The Kier molecular flexibility index (Phi) is 6.66. The van der Waals surface area contributed by atoms with Gasteiger partial charge in [-0.3, -0.25) is 0 Å². The van der Waals surface area contributed by atoms with E-state index in [0.717, 1.165) is 50.9 Å². The lowest BCUT2D eigenvalue weighted by Crippen LogP contribution is -2.17. The highest BCUT2D eigenvalue weighted by Crippen LogP contribution is 2.43. The average Bonchev–Trinajstić information content (AvgIpc) is 3.49. The van der Waals surface area contributed by atoms with Gasteiger partial charge in [0, 0.05) is 39.3 Å². The van der Waals surface area contributed by atoms with Gasteiger partial charge < -0.3 is 9.32 Å². The van der Waals surface area contributed by atoms with Gasteiger partial charge in [-0.1, -0.05) is 133 Å². The summed E-state index contributed by atoms with van der Waals surface area (Å²) >= 11 is 0. The number of hydrogen-bond acceptors (Lipinski definition) is 2. The van der Waals surface area contributed by atoms with Gasteiger partial charge in [-0.05, 0) is 65.1 Å². The Bertz CT molecular complexity index is 2140. The van der Waals surface area contributed by atoms with Crippen LogP contribution in [0.15, 0.2) is 180 Å². The number of nitrogens with zero attached hydrogens (tertiary/aromatic N) is 1. The summed E-state index contributed by atoms with van der Waals surface area (Å²) in [5.41, 5.74) is 11.2. The molecule has 0 aliphatic heterocycles. The van der Waals surface area contributed by atoms with Crippen LogP contribution in [0.2, 0.25) is 0 Å². The molecule has 0 radical (unpaired) electrons. The van der Waals surface area contributed by atoms with Crippen molar-refractivity contribution in [3.8, 4) is 22.3 Å². The van der Waals surface area contributed by atoms with Gasteiger partial charge >= 0.3 is 0 Å². The molecule has 1 aliphatic carbocycles. The van der Waals surface area contributed by atoms with E-state index in [-0.39, 0.29) is 0 Å². The second kappa shape index (κ2) is 11.2. The number of furan rings is 1. The van der Waals surface area contributed by atoms with Gasteiger partial charge in [0.05, 0.1) is 0 Å². The van der Waals surface area contributed by atoms with Crippen molar-refractivity contribution in [2.45, 2.75) is 12.3 Å². The van der Waals surface area contributed by atoms with Crippen molar-refractivity contribution in [1.29, 1.82) is 0 Å². The van der Waals surface area contributed by atoms with E-state index in [2.05, 4.69) is 163 Å². The molecule has 210 valence electrons. The minimum absolute atomic E-state index is 0.379. The number of benzene rings is 6. The molecule has 0 saturated carbocycles. The van der Waals surface area contributed by atoms with Crippen molar-refractivity contribution in [2.24, 2.45) is 0 Å². The molecule has 0 bridgehead atoms. The maximum atomic E-state index is 6.49. The SMILES string of the molecule is C1=CC(c2ccccc2)CC=C1N(c1ccccc1)c1ccc(-c2cccc3c2oc2ccccc23)c(-c2ccccc2)c1. The zero-order valence-electron chi connectivity index (χ0n) is 24.3. The number of anilines is 2. The normalized spacial score (nSPS) is 14.5. The summed E-state index contributed by atoms with van der Waals surface area (Å²) in [5.74, 6) is 0.379. The fraction of sp³-hybridized carbons (Fsp3) is 0.0476. The average molecular weight is 566 g/mol. The van der Waals surface area contributed by atoms with Crippen molar-refractivity contribution in [1.82, 2.24) is 0 Å². The molecule has 44 heavy (non-hydrogen) atoms. The third kappa shape index (κ3) is 4.71. The third-order valence-electron chi connectivity index (χ3n) is 8.62. The Morgan fingerprint density at radius 1 is 0.545 bits per heavy atom. The fourth-order valence-corrected chi connectivity index (χ4v) is 6.47. The quantitative estimate of drug-likeness (QED) is 0.199. The molecule has 0 N–H and O–H groups in total. The van der Waals surface area contributed by atoms with Crippen LogP contribution >= 0.6 is 0 Å². The first-order chi connectivity index (χ1) is 21.8. The molecule has 0 spiro atoms. The fourth-order valence-electron chi connectivity index (χ4n) is 6.47. The summed E-state index contributed by atoms with van der Waals surface area (Å²) in [7, 11) is 0. The van der Waals surface area contributed by atoms with Crippen molar-refractivity contribution in [3.05, 3.63) is 181 Å². The first-order valence-electron chi connectivity index (χ1n) is 15.2. The lowest BCUT2D eigenvalue weighted by Gasteiger charge is -2.30. The lowest BCUT2D eigenvalue weighted by molar-refractivity contribution is 0.670. The van der Waals surface area contributed by atoms with Crippen LogP contribution in [0.25, 0.3) is 44.2 Å². The van der Waals surface area contributed by atoms with Gasteiger partial charge in [0.1, 0.15) is 11.2 Å². The molecule has 2 heteroatoms. The molecule has 0 amide bonds. The Labute approximate surface area is 257 Å². The zero-order valence-corrected chi connectivity index (χ0v) is 24.3. The van der Waals surface area contributed by atoms with E-state index in [9.17, 15) is 0 Å². The van der Waals surface area contributed by atoms with Gasteiger partial charge in [-0.25, -0.2) is 0 Å².